The molecule has 0 aromatic heterocycles. The van der Waals surface area contributed by atoms with Crippen molar-refractivity contribution in [3.05, 3.63) is 0 Å². The molecule has 0 bridgehead atoms. The minimum atomic E-state index is -0.188. The average molecular weight is 215 g/mol. The third kappa shape index (κ3) is 3.76. The van der Waals surface area contributed by atoms with Crippen LogP contribution < -0.4 is 0 Å². The normalized spacial score (nSPS) is 27.5. The van der Waals surface area contributed by atoms with Gasteiger partial charge in [-0.3, -0.25) is 0 Å². The van der Waals surface area contributed by atoms with E-state index in [1.807, 2.05) is 27.7 Å². The molecule has 1 radical (unpaired) electrons. The van der Waals surface area contributed by atoms with E-state index in [9.17, 15) is 0 Å². The van der Waals surface area contributed by atoms with E-state index < -0.39 is 0 Å². The van der Waals surface area contributed by atoms with E-state index in [1.165, 1.54) is 7.69 Å². The van der Waals surface area contributed by atoms with Gasteiger partial charge in [-0.05, 0) is 27.7 Å². The Balaban J connectivity index is 0.000000162. The summed E-state index contributed by atoms with van der Waals surface area (Å²) in [6.07, 6.45) is 0. The highest BCUT2D eigenvalue weighted by Gasteiger charge is 2.44. The van der Waals surface area contributed by atoms with Crippen LogP contribution in [0.4, 0.5) is 0 Å². The van der Waals surface area contributed by atoms with Crippen molar-refractivity contribution >= 4 is 7.69 Å². The second kappa shape index (κ2) is 5.30. The maximum atomic E-state index is 5.21. The summed E-state index contributed by atoms with van der Waals surface area (Å²) < 4.78 is 20.3. The van der Waals surface area contributed by atoms with E-state index in [0.29, 0.717) is 0 Å². The molecular formula is C10H20BO4. The molecule has 0 spiro atoms. The molecule has 2 rings (SSSR count). The van der Waals surface area contributed by atoms with Crippen molar-refractivity contribution in [3.8, 4) is 0 Å². The van der Waals surface area contributed by atoms with Crippen molar-refractivity contribution < 1.29 is 18.8 Å². The third-order valence-electron chi connectivity index (χ3n) is 2.88. The lowest BCUT2D eigenvalue weighted by molar-refractivity contribution is -0.0334. The third-order valence-corrected chi connectivity index (χ3v) is 2.88. The van der Waals surface area contributed by atoms with Gasteiger partial charge in [-0.25, -0.2) is 0 Å². The summed E-state index contributed by atoms with van der Waals surface area (Å²) in [5.41, 5.74) is -0.375. The molecule has 0 aromatic carbocycles. The standard InChI is InChI=1S/C6H12BO2.C4H8O2/c1-5(2)6(3,4)9-7-8-5;1-2-6-4-3-5-1/h1-4H3;1-4H2. The molecule has 0 N–H and O–H groups in total. The molecule has 5 heteroatoms. The number of ether oxygens (including phenoxy) is 2. The molecule has 87 valence electrons. The first-order valence-corrected chi connectivity index (χ1v) is 5.28. The second-order valence-corrected chi connectivity index (χ2v) is 4.58. The van der Waals surface area contributed by atoms with Gasteiger partial charge < -0.3 is 18.8 Å². The van der Waals surface area contributed by atoms with Crippen LogP contribution in [0.2, 0.25) is 0 Å². The number of hydrogen-bond acceptors (Lipinski definition) is 4. The molecule has 15 heavy (non-hydrogen) atoms. The van der Waals surface area contributed by atoms with Gasteiger partial charge in [0, 0.05) is 0 Å². The van der Waals surface area contributed by atoms with Crippen molar-refractivity contribution in [3.63, 3.8) is 0 Å². The van der Waals surface area contributed by atoms with Gasteiger partial charge in [-0.1, -0.05) is 0 Å². The summed E-state index contributed by atoms with van der Waals surface area (Å²) in [6.45, 7) is 11.2. The van der Waals surface area contributed by atoms with Gasteiger partial charge in [0.2, 0.25) is 0 Å². The zero-order valence-electron chi connectivity index (χ0n) is 10.0. The van der Waals surface area contributed by atoms with Crippen LogP contribution in [0.5, 0.6) is 0 Å². The Labute approximate surface area is 92.5 Å². The maximum absolute atomic E-state index is 5.21. The van der Waals surface area contributed by atoms with Gasteiger partial charge >= 0.3 is 7.69 Å². The fourth-order valence-electron chi connectivity index (χ4n) is 0.988. The monoisotopic (exact) mass is 215 g/mol. The molecule has 0 unspecified atom stereocenters. The molecule has 0 aliphatic carbocycles. The highest BCUT2D eigenvalue weighted by molar-refractivity contribution is 6.19. The van der Waals surface area contributed by atoms with E-state index in [1.54, 1.807) is 0 Å². The molecule has 2 aliphatic rings. The summed E-state index contributed by atoms with van der Waals surface area (Å²) in [4.78, 5) is 0. The summed E-state index contributed by atoms with van der Waals surface area (Å²) in [6, 6.07) is 0. The zero-order valence-corrected chi connectivity index (χ0v) is 10.0. The topological polar surface area (TPSA) is 36.9 Å². The van der Waals surface area contributed by atoms with Crippen LogP contribution in [0.3, 0.4) is 0 Å². The Morgan fingerprint density at radius 2 is 1.07 bits per heavy atom. The largest absolute Gasteiger partial charge is 0.488 e. The van der Waals surface area contributed by atoms with Crippen LogP contribution in [0.25, 0.3) is 0 Å². The van der Waals surface area contributed by atoms with Crippen LogP contribution in [0.1, 0.15) is 27.7 Å². The summed E-state index contributed by atoms with van der Waals surface area (Å²) in [7, 11) is 1.42. The lowest BCUT2D eigenvalue weighted by Gasteiger charge is -2.32. The van der Waals surface area contributed by atoms with E-state index in [-0.39, 0.29) is 11.2 Å². The SMILES string of the molecule is C1COCCO1.CC1(C)O[B]OC1(C)C. The summed E-state index contributed by atoms with van der Waals surface area (Å²) in [5.74, 6) is 0. The lowest BCUT2D eigenvalue weighted by atomic mass is 9.90. The predicted octanol–water partition coefficient (Wildman–Crippen LogP) is 1.16. The van der Waals surface area contributed by atoms with Gasteiger partial charge in [0.15, 0.2) is 0 Å². The van der Waals surface area contributed by atoms with E-state index in [0.717, 1.165) is 26.4 Å². The van der Waals surface area contributed by atoms with E-state index in [2.05, 4.69) is 0 Å². The minimum Gasteiger partial charge on any atom is -0.405 e. The fraction of sp³-hybridized carbons (Fsp3) is 1.00. The molecule has 0 aromatic rings. The summed E-state index contributed by atoms with van der Waals surface area (Å²) >= 11 is 0. The van der Waals surface area contributed by atoms with Crippen LogP contribution in [-0.4, -0.2) is 45.3 Å². The highest BCUT2D eigenvalue weighted by Crippen LogP contribution is 2.33. The second-order valence-electron chi connectivity index (χ2n) is 4.58. The molecule has 4 nitrogen and oxygen atoms in total. The Bertz CT molecular complexity index is 164. The van der Waals surface area contributed by atoms with Crippen molar-refractivity contribution in [2.45, 2.75) is 38.9 Å². The van der Waals surface area contributed by atoms with Crippen LogP contribution >= 0.6 is 0 Å². The molecule has 2 fully saturated rings. The molecule has 0 amide bonds. The predicted molar refractivity (Wildman–Crippen MR) is 57.7 cm³/mol. The Kier molecular flexibility index (Phi) is 4.58. The molecule has 2 saturated heterocycles. The van der Waals surface area contributed by atoms with Crippen LogP contribution in [-0.2, 0) is 18.8 Å². The van der Waals surface area contributed by atoms with Crippen molar-refractivity contribution in [1.82, 2.24) is 0 Å². The van der Waals surface area contributed by atoms with Gasteiger partial charge in [0.05, 0.1) is 37.6 Å². The molecule has 2 heterocycles. The van der Waals surface area contributed by atoms with Crippen LogP contribution in [0, 0.1) is 0 Å². The van der Waals surface area contributed by atoms with E-state index in [4.69, 9.17) is 18.8 Å². The van der Waals surface area contributed by atoms with Gasteiger partial charge in [0.1, 0.15) is 0 Å². The molecule has 0 atom stereocenters. The summed E-state index contributed by atoms with van der Waals surface area (Å²) in [5, 5.41) is 0. The average Bonchev–Trinajstić information content (AvgIpc) is 2.43. The Morgan fingerprint density at radius 3 is 1.20 bits per heavy atom. The van der Waals surface area contributed by atoms with Crippen molar-refractivity contribution in [2.75, 3.05) is 26.4 Å². The molecule has 2 aliphatic heterocycles. The Morgan fingerprint density at radius 1 is 0.733 bits per heavy atom. The maximum Gasteiger partial charge on any atom is 0.488 e. The van der Waals surface area contributed by atoms with Crippen molar-refractivity contribution in [2.24, 2.45) is 0 Å². The molecule has 0 saturated carbocycles. The van der Waals surface area contributed by atoms with Gasteiger partial charge in [0.25, 0.3) is 0 Å². The number of rotatable bonds is 0. The highest BCUT2D eigenvalue weighted by atomic mass is 16.7. The minimum absolute atomic E-state index is 0.187. The zero-order chi connectivity index (χ0) is 11.4. The van der Waals surface area contributed by atoms with Gasteiger partial charge in [-0.15, -0.1) is 0 Å². The molecular weight excluding hydrogens is 195 g/mol. The van der Waals surface area contributed by atoms with Crippen LogP contribution in [0.15, 0.2) is 0 Å². The Hall–Kier alpha value is -0.0951. The van der Waals surface area contributed by atoms with E-state index >= 15 is 0 Å². The lowest BCUT2D eigenvalue weighted by Crippen LogP contribution is -2.41. The first kappa shape index (κ1) is 13.0. The first-order valence-electron chi connectivity index (χ1n) is 5.28. The number of hydrogen-bond donors (Lipinski definition) is 0. The quantitative estimate of drug-likeness (QED) is 0.568. The van der Waals surface area contributed by atoms with Gasteiger partial charge in [-0.2, -0.15) is 0 Å². The first-order chi connectivity index (χ1) is 6.96. The van der Waals surface area contributed by atoms with Crippen molar-refractivity contribution in [1.29, 1.82) is 0 Å². The smallest absolute Gasteiger partial charge is 0.405 e. The fourth-order valence-corrected chi connectivity index (χ4v) is 0.988.